The van der Waals surface area contributed by atoms with E-state index in [1.165, 1.54) is 32.1 Å². The number of hydrogen-bond acceptors (Lipinski definition) is 4. The third-order valence-corrected chi connectivity index (χ3v) is 4.29. The highest BCUT2D eigenvalue weighted by molar-refractivity contribution is 7.09. The molecule has 0 aromatic carbocycles. The number of hydrogen-bond donors (Lipinski definition) is 1. The van der Waals surface area contributed by atoms with Gasteiger partial charge in [0.2, 0.25) is 0 Å². The van der Waals surface area contributed by atoms with E-state index in [4.69, 9.17) is 4.74 Å². The summed E-state index contributed by atoms with van der Waals surface area (Å²) in [5, 5.41) is 6.74. The van der Waals surface area contributed by atoms with E-state index in [9.17, 15) is 0 Å². The number of nitrogens with one attached hydrogen (secondary N) is 1. The smallest absolute Gasteiger partial charge is 0.107 e. The third kappa shape index (κ3) is 5.59. The molecule has 19 heavy (non-hydrogen) atoms. The van der Waals surface area contributed by atoms with Gasteiger partial charge in [0.05, 0.1) is 18.4 Å². The van der Waals surface area contributed by atoms with E-state index in [1.807, 2.05) is 0 Å². The largest absolute Gasteiger partial charge is 0.372 e. The van der Waals surface area contributed by atoms with Crippen molar-refractivity contribution in [3.63, 3.8) is 0 Å². The van der Waals surface area contributed by atoms with Crippen molar-refractivity contribution < 1.29 is 4.74 Å². The minimum Gasteiger partial charge on any atom is -0.372 e. The van der Waals surface area contributed by atoms with Crippen molar-refractivity contribution in [2.24, 2.45) is 0 Å². The van der Waals surface area contributed by atoms with Crippen molar-refractivity contribution in [1.82, 2.24) is 10.3 Å². The van der Waals surface area contributed by atoms with Crippen molar-refractivity contribution in [3.05, 3.63) is 16.1 Å². The summed E-state index contributed by atoms with van der Waals surface area (Å²) in [6.45, 7) is 8.05. The summed E-state index contributed by atoms with van der Waals surface area (Å²) in [7, 11) is 0. The fourth-order valence-corrected chi connectivity index (χ4v) is 2.99. The zero-order valence-electron chi connectivity index (χ0n) is 12.4. The predicted octanol–water partition coefficient (Wildman–Crippen LogP) is 3.88. The molecule has 0 saturated heterocycles. The highest BCUT2D eigenvalue weighted by atomic mass is 32.1. The minimum absolute atomic E-state index is 0.143. The predicted molar refractivity (Wildman–Crippen MR) is 80.4 cm³/mol. The molecule has 1 heterocycles. The van der Waals surface area contributed by atoms with Gasteiger partial charge in [0.1, 0.15) is 5.01 Å². The maximum Gasteiger partial charge on any atom is 0.107 e. The van der Waals surface area contributed by atoms with Crippen LogP contribution in [0.1, 0.15) is 63.6 Å². The van der Waals surface area contributed by atoms with Gasteiger partial charge in [-0.1, -0.05) is 19.3 Å². The average Bonchev–Trinajstić information content (AvgIpc) is 2.82. The van der Waals surface area contributed by atoms with Gasteiger partial charge in [0.15, 0.2) is 0 Å². The molecule has 4 heteroatoms. The van der Waals surface area contributed by atoms with E-state index in [2.05, 4.69) is 36.5 Å². The Morgan fingerprint density at radius 2 is 2.05 bits per heavy atom. The van der Waals surface area contributed by atoms with Crippen LogP contribution in [0.3, 0.4) is 0 Å². The molecule has 3 nitrogen and oxygen atoms in total. The summed E-state index contributed by atoms with van der Waals surface area (Å²) < 4.78 is 5.95. The van der Waals surface area contributed by atoms with Gasteiger partial charge >= 0.3 is 0 Å². The third-order valence-electron chi connectivity index (χ3n) is 3.39. The Hall–Kier alpha value is -0.450. The topological polar surface area (TPSA) is 34.2 Å². The lowest BCUT2D eigenvalue weighted by atomic mass is 9.98. The standard InChI is InChI=1S/C15H26N2OS/c1-15(2,3)16-9-14-17-12(11-19-14)10-18-13-7-5-4-6-8-13/h11,13,16H,4-10H2,1-3H3. The molecule has 108 valence electrons. The van der Waals surface area contributed by atoms with Crippen LogP contribution in [-0.2, 0) is 17.9 Å². The second-order valence-electron chi connectivity index (χ2n) is 6.41. The van der Waals surface area contributed by atoms with Crippen LogP contribution in [-0.4, -0.2) is 16.6 Å². The van der Waals surface area contributed by atoms with E-state index in [0.717, 1.165) is 17.2 Å². The summed E-state index contributed by atoms with van der Waals surface area (Å²) in [6, 6.07) is 0. The Morgan fingerprint density at radius 1 is 1.32 bits per heavy atom. The molecule has 0 atom stereocenters. The molecular formula is C15H26N2OS. The molecule has 1 fully saturated rings. The fraction of sp³-hybridized carbons (Fsp3) is 0.800. The number of aromatic nitrogens is 1. The summed E-state index contributed by atoms with van der Waals surface area (Å²) in [6.07, 6.45) is 6.93. The molecule has 0 radical (unpaired) electrons. The Bertz CT molecular complexity index is 378. The molecule has 0 aliphatic heterocycles. The van der Waals surface area contributed by atoms with Crippen molar-refractivity contribution in [2.45, 2.75) is 77.7 Å². The highest BCUT2D eigenvalue weighted by Crippen LogP contribution is 2.21. The fourth-order valence-electron chi connectivity index (χ4n) is 2.27. The SMILES string of the molecule is CC(C)(C)NCc1nc(COC2CCCCC2)cs1. The lowest BCUT2D eigenvalue weighted by Gasteiger charge is -2.21. The lowest BCUT2D eigenvalue weighted by Crippen LogP contribution is -2.35. The van der Waals surface area contributed by atoms with Crippen LogP contribution in [0.2, 0.25) is 0 Å². The van der Waals surface area contributed by atoms with Gasteiger partial charge in [-0.3, -0.25) is 0 Å². The summed E-state index contributed by atoms with van der Waals surface area (Å²) in [4.78, 5) is 4.63. The second kappa shape index (κ2) is 6.82. The molecule has 0 bridgehead atoms. The first-order valence-corrected chi connectivity index (χ1v) is 8.21. The highest BCUT2D eigenvalue weighted by Gasteiger charge is 2.15. The quantitative estimate of drug-likeness (QED) is 0.890. The maximum atomic E-state index is 5.95. The first-order chi connectivity index (χ1) is 9.03. The first kappa shape index (κ1) is 14.9. The van der Waals surface area contributed by atoms with Crippen molar-refractivity contribution >= 4 is 11.3 Å². The molecule has 1 aromatic rings. The summed E-state index contributed by atoms with van der Waals surface area (Å²) in [5.41, 5.74) is 1.23. The lowest BCUT2D eigenvalue weighted by molar-refractivity contribution is 0.0154. The molecular weight excluding hydrogens is 256 g/mol. The van der Waals surface area contributed by atoms with E-state index in [0.29, 0.717) is 12.7 Å². The zero-order chi connectivity index (χ0) is 13.7. The van der Waals surface area contributed by atoms with Gasteiger partial charge in [-0.15, -0.1) is 11.3 Å². The van der Waals surface area contributed by atoms with E-state index >= 15 is 0 Å². The molecule has 1 saturated carbocycles. The molecule has 2 rings (SSSR count). The summed E-state index contributed by atoms with van der Waals surface area (Å²) >= 11 is 1.72. The Morgan fingerprint density at radius 3 is 2.74 bits per heavy atom. The number of rotatable bonds is 5. The zero-order valence-corrected chi connectivity index (χ0v) is 13.2. The Balaban J connectivity index is 1.74. The maximum absolute atomic E-state index is 5.95. The van der Waals surface area contributed by atoms with Crippen LogP contribution in [0.15, 0.2) is 5.38 Å². The normalized spacial score (nSPS) is 17.8. The van der Waals surface area contributed by atoms with Gasteiger partial charge in [-0.25, -0.2) is 4.98 Å². The van der Waals surface area contributed by atoms with Crippen LogP contribution in [0.25, 0.3) is 0 Å². The van der Waals surface area contributed by atoms with E-state index in [1.54, 1.807) is 11.3 Å². The van der Waals surface area contributed by atoms with E-state index in [-0.39, 0.29) is 5.54 Å². The van der Waals surface area contributed by atoms with Crippen LogP contribution < -0.4 is 5.32 Å². The number of thiazole rings is 1. The molecule has 1 aromatic heterocycles. The Kier molecular flexibility index (Phi) is 5.37. The monoisotopic (exact) mass is 282 g/mol. The van der Waals surface area contributed by atoms with Crippen molar-refractivity contribution in [2.75, 3.05) is 0 Å². The Labute approximate surface area is 120 Å². The molecule has 1 aliphatic rings. The van der Waals surface area contributed by atoms with Crippen LogP contribution >= 0.6 is 11.3 Å². The first-order valence-electron chi connectivity index (χ1n) is 7.33. The summed E-state index contributed by atoms with van der Waals surface area (Å²) in [5.74, 6) is 0. The van der Waals surface area contributed by atoms with Gasteiger partial charge in [0.25, 0.3) is 0 Å². The van der Waals surface area contributed by atoms with Gasteiger partial charge in [-0.2, -0.15) is 0 Å². The van der Waals surface area contributed by atoms with Gasteiger partial charge in [0, 0.05) is 17.5 Å². The number of ether oxygens (including phenoxy) is 1. The minimum atomic E-state index is 0.143. The molecule has 1 aliphatic carbocycles. The number of nitrogens with zero attached hydrogens (tertiary/aromatic N) is 1. The van der Waals surface area contributed by atoms with Crippen molar-refractivity contribution in [1.29, 1.82) is 0 Å². The molecule has 0 unspecified atom stereocenters. The van der Waals surface area contributed by atoms with Crippen LogP contribution in [0, 0.1) is 0 Å². The second-order valence-corrected chi connectivity index (χ2v) is 7.35. The van der Waals surface area contributed by atoms with Crippen molar-refractivity contribution in [3.8, 4) is 0 Å². The molecule has 1 N–H and O–H groups in total. The molecule has 0 spiro atoms. The van der Waals surface area contributed by atoms with Crippen LogP contribution in [0.4, 0.5) is 0 Å². The van der Waals surface area contributed by atoms with Gasteiger partial charge < -0.3 is 10.1 Å². The average molecular weight is 282 g/mol. The van der Waals surface area contributed by atoms with E-state index < -0.39 is 0 Å². The molecule has 0 amide bonds. The van der Waals surface area contributed by atoms with Gasteiger partial charge in [-0.05, 0) is 33.6 Å². The van der Waals surface area contributed by atoms with Crippen LogP contribution in [0.5, 0.6) is 0 Å².